The molecule has 2 atom stereocenters. The number of thiophene rings is 1. The second-order valence-corrected chi connectivity index (χ2v) is 7.05. The summed E-state index contributed by atoms with van der Waals surface area (Å²) in [5.41, 5.74) is 1.27. The molecule has 1 unspecified atom stereocenters. The van der Waals surface area contributed by atoms with E-state index in [0.717, 1.165) is 25.7 Å². The Kier molecular flexibility index (Phi) is 5.39. The molecule has 0 radical (unpaired) electrons. The summed E-state index contributed by atoms with van der Waals surface area (Å²) in [6.07, 6.45) is 5.44. The van der Waals surface area contributed by atoms with Crippen molar-refractivity contribution in [2.75, 3.05) is 0 Å². The molecule has 0 bridgehead atoms. The van der Waals surface area contributed by atoms with Crippen molar-refractivity contribution in [3.8, 4) is 0 Å². The van der Waals surface area contributed by atoms with Gasteiger partial charge in [0.2, 0.25) is 0 Å². The van der Waals surface area contributed by atoms with Gasteiger partial charge in [0.15, 0.2) is 0 Å². The first-order valence-corrected chi connectivity index (χ1v) is 8.48. The van der Waals surface area contributed by atoms with Crippen LogP contribution < -0.4 is 5.32 Å². The second kappa shape index (κ2) is 7.07. The van der Waals surface area contributed by atoms with Crippen LogP contribution in [-0.2, 0) is 17.6 Å². The summed E-state index contributed by atoms with van der Waals surface area (Å²) in [7, 11) is 0. The van der Waals surface area contributed by atoms with Crippen molar-refractivity contribution >= 4 is 23.2 Å². The van der Waals surface area contributed by atoms with Gasteiger partial charge in [0, 0.05) is 4.88 Å². The Morgan fingerprint density at radius 1 is 1.52 bits per heavy atom. The van der Waals surface area contributed by atoms with Gasteiger partial charge in [-0.1, -0.05) is 26.7 Å². The lowest BCUT2D eigenvalue weighted by Crippen LogP contribution is -2.40. The molecule has 0 aliphatic heterocycles. The Morgan fingerprint density at radius 2 is 2.29 bits per heavy atom. The van der Waals surface area contributed by atoms with Gasteiger partial charge >= 0.3 is 5.97 Å². The Morgan fingerprint density at radius 3 is 2.95 bits per heavy atom. The number of unbranched alkanes of at least 4 members (excludes halogenated alkanes) is 1. The topological polar surface area (TPSA) is 66.4 Å². The molecule has 4 nitrogen and oxygen atoms in total. The minimum atomic E-state index is -0.952. The van der Waals surface area contributed by atoms with E-state index >= 15 is 0 Å². The van der Waals surface area contributed by atoms with E-state index in [4.69, 9.17) is 0 Å². The standard InChI is InChI=1S/C16H23NO3S/c1-3-4-5-12(16(19)20)17-15(18)14-9-11-8-10(2)6-7-13(11)21-14/h9-10,12H,3-8H2,1-2H3,(H,17,18)(H,19,20)/t10?,12-/m0/s1. The van der Waals surface area contributed by atoms with Crippen LogP contribution in [0, 0.1) is 5.92 Å². The van der Waals surface area contributed by atoms with Gasteiger partial charge in [0.1, 0.15) is 6.04 Å². The summed E-state index contributed by atoms with van der Waals surface area (Å²) in [5.74, 6) is -0.531. The molecular weight excluding hydrogens is 286 g/mol. The van der Waals surface area contributed by atoms with Gasteiger partial charge in [-0.2, -0.15) is 0 Å². The van der Waals surface area contributed by atoms with E-state index in [1.165, 1.54) is 28.2 Å². The molecule has 0 spiro atoms. The highest BCUT2D eigenvalue weighted by Crippen LogP contribution is 2.32. The van der Waals surface area contributed by atoms with Crippen LogP contribution in [0.3, 0.4) is 0 Å². The van der Waals surface area contributed by atoms with E-state index in [2.05, 4.69) is 12.2 Å². The third kappa shape index (κ3) is 4.06. The number of aliphatic carboxylic acids is 1. The lowest BCUT2D eigenvalue weighted by molar-refractivity contribution is -0.139. The third-order valence-corrected chi connectivity index (χ3v) is 5.24. The average Bonchev–Trinajstić information content (AvgIpc) is 2.85. The first kappa shape index (κ1) is 16.0. The Balaban J connectivity index is 2.04. The van der Waals surface area contributed by atoms with Gasteiger partial charge in [-0.3, -0.25) is 4.79 Å². The van der Waals surface area contributed by atoms with E-state index in [1.54, 1.807) is 0 Å². The first-order chi connectivity index (χ1) is 10.0. The largest absolute Gasteiger partial charge is 0.480 e. The lowest BCUT2D eigenvalue weighted by Gasteiger charge is -2.16. The molecule has 1 aliphatic carbocycles. The van der Waals surface area contributed by atoms with E-state index in [9.17, 15) is 14.7 Å². The van der Waals surface area contributed by atoms with Gasteiger partial charge in [-0.05, 0) is 43.2 Å². The number of carboxylic acids is 1. The van der Waals surface area contributed by atoms with Crippen molar-refractivity contribution in [1.29, 1.82) is 0 Å². The van der Waals surface area contributed by atoms with Gasteiger partial charge in [0.25, 0.3) is 5.91 Å². The van der Waals surface area contributed by atoms with Crippen LogP contribution >= 0.6 is 11.3 Å². The summed E-state index contributed by atoms with van der Waals surface area (Å²) in [6.45, 7) is 4.24. The SMILES string of the molecule is CCCC[C@H](NC(=O)c1cc2c(s1)CCC(C)C2)C(=O)O. The Hall–Kier alpha value is -1.36. The highest BCUT2D eigenvalue weighted by atomic mass is 32.1. The number of carbonyl (C=O) groups is 2. The smallest absolute Gasteiger partial charge is 0.326 e. The number of carbonyl (C=O) groups excluding carboxylic acids is 1. The normalized spacial score (nSPS) is 18.9. The van der Waals surface area contributed by atoms with Crippen LogP contribution in [0.1, 0.15) is 59.6 Å². The van der Waals surface area contributed by atoms with Gasteiger partial charge in [-0.25, -0.2) is 4.79 Å². The quantitative estimate of drug-likeness (QED) is 0.847. The number of fused-ring (bicyclic) bond motifs is 1. The zero-order chi connectivity index (χ0) is 15.4. The van der Waals surface area contributed by atoms with E-state index < -0.39 is 12.0 Å². The van der Waals surface area contributed by atoms with Crippen molar-refractivity contribution in [1.82, 2.24) is 5.32 Å². The summed E-state index contributed by atoms with van der Waals surface area (Å²) < 4.78 is 0. The number of carboxylic acid groups (broad SMARTS) is 1. The van der Waals surface area contributed by atoms with E-state index in [-0.39, 0.29) is 5.91 Å². The van der Waals surface area contributed by atoms with Crippen molar-refractivity contribution in [2.45, 2.75) is 58.4 Å². The minimum Gasteiger partial charge on any atom is -0.480 e. The van der Waals surface area contributed by atoms with Gasteiger partial charge in [-0.15, -0.1) is 11.3 Å². The van der Waals surface area contributed by atoms with E-state index in [0.29, 0.717) is 17.2 Å². The number of nitrogens with one attached hydrogen (secondary N) is 1. The van der Waals surface area contributed by atoms with Crippen LogP contribution in [0.25, 0.3) is 0 Å². The minimum absolute atomic E-state index is 0.245. The lowest BCUT2D eigenvalue weighted by atomic mass is 9.90. The molecule has 21 heavy (non-hydrogen) atoms. The Labute approximate surface area is 129 Å². The fourth-order valence-electron chi connectivity index (χ4n) is 2.71. The molecule has 1 aromatic rings. The number of rotatable bonds is 6. The second-order valence-electron chi connectivity index (χ2n) is 5.91. The molecule has 1 aliphatic rings. The molecule has 1 heterocycles. The number of aryl methyl sites for hydroxylation is 1. The molecular formula is C16H23NO3S. The highest BCUT2D eigenvalue weighted by molar-refractivity contribution is 7.14. The van der Waals surface area contributed by atoms with Crippen molar-refractivity contribution in [3.05, 3.63) is 21.4 Å². The maximum atomic E-state index is 12.3. The molecule has 0 saturated heterocycles. The number of amides is 1. The molecule has 2 rings (SSSR count). The number of hydrogen-bond acceptors (Lipinski definition) is 3. The molecule has 0 fully saturated rings. The van der Waals surface area contributed by atoms with Crippen LogP contribution in [-0.4, -0.2) is 23.0 Å². The average molecular weight is 309 g/mol. The Bertz CT molecular complexity index is 524. The predicted octanol–water partition coefficient (Wildman–Crippen LogP) is 3.25. The van der Waals surface area contributed by atoms with Crippen molar-refractivity contribution < 1.29 is 14.7 Å². The summed E-state index contributed by atoms with van der Waals surface area (Å²) >= 11 is 1.52. The first-order valence-electron chi connectivity index (χ1n) is 7.66. The van der Waals surface area contributed by atoms with Crippen molar-refractivity contribution in [3.63, 3.8) is 0 Å². The fourth-order valence-corrected chi connectivity index (χ4v) is 3.82. The van der Waals surface area contributed by atoms with Crippen LogP contribution in [0.5, 0.6) is 0 Å². The third-order valence-electron chi connectivity index (χ3n) is 4.00. The fraction of sp³-hybridized carbons (Fsp3) is 0.625. The zero-order valence-electron chi connectivity index (χ0n) is 12.6. The molecule has 0 saturated carbocycles. The molecule has 2 N–H and O–H groups in total. The predicted molar refractivity (Wildman–Crippen MR) is 83.9 cm³/mol. The maximum Gasteiger partial charge on any atom is 0.326 e. The van der Waals surface area contributed by atoms with Crippen LogP contribution in [0.15, 0.2) is 6.07 Å². The summed E-state index contributed by atoms with van der Waals surface area (Å²) in [5, 5.41) is 11.8. The van der Waals surface area contributed by atoms with Gasteiger partial charge < -0.3 is 10.4 Å². The molecule has 1 aromatic heterocycles. The summed E-state index contributed by atoms with van der Waals surface area (Å²) in [6, 6.07) is 1.17. The van der Waals surface area contributed by atoms with Gasteiger partial charge in [0.05, 0.1) is 4.88 Å². The van der Waals surface area contributed by atoms with E-state index in [1.807, 2.05) is 13.0 Å². The highest BCUT2D eigenvalue weighted by Gasteiger charge is 2.24. The molecule has 116 valence electrons. The van der Waals surface area contributed by atoms with Crippen molar-refractivity contribution in [2.24, 2.45) is 5.92 Å². The van der Waals surface area contributed by atoms with Crippen LogP contribution in [0.2, 0.25) is 0 Å². The molecule has 0 aromatic carbocycles. The maximum absolute atomic E-state index is 12.3. The monoisotopic (exact) mass is 309 g/mol. The zero-order valence-corrected chi connectivity index (χ0v) is 13.5. The molecule has 5 heteroatoms. The summed E-state index contributed by atoms with van der Waals surface area (Å²) in [4.78, 5) is 25.4. The number of hydrogen-bond donors (Lipinski definition) is 2. The van der Waals surface area contributed by atoms with Crippen LogP contribution in [0.4, 0.5) is 0 Å². The molecule has 1 amide bonds.